The first-order valence-corrected chi connectivity index (χ1v) is 7.23. The van der Waals surface area contributed by atoms with Crippen LogP contribution in [0.2, 0.25) is 0 Å². The fourth-order valence-corrected chi connectivity index (χ4v) is 4.03. The normalized spacial score (nSPS) is 38.9. The van der Waals surface area contributed by atoms with Crippen LogP contribution in [0.25, 0.3) is 0 Å². The molecule has 2 atom stereocenters. The molecule has 0 aromatic carbocycles. The minimum absolute atomic E-state index is 0.0739. The Labute approximate surface area is 110 Å². The predicted molar refractivity (Wildman–Crippen MR) is 70.3 cm³/mol. The van der Waals surface area contributed by atoms with Crippen molar-refractivity contribution in [1.82, 2.24) is 0 Å². The molecular weight excluding hydrogens is 228 g/mol. The van der Waals surface area contributed by atoms with E-state index in [0.717, 1.165) is 38.7 Å². The van der Waals surface area contributed by atoms with Crippen molar-refractivity contribution in [3.8, 4) is 0 Å². The molecule has 1 aliphatic heterocycles. The smallest absolute Gasteiger partial charge is 0.306 e. The molecular formula is C15H26O3. The minimum Gasteiger partial charge on any atom is -0.456 e. The molecule has 2 rings (SSSR count). The molecule has 2 fully saturated rings. The van der Waals surface area contributed by atoms with E-state index in [4.69, 9.17) is 9.47 Å². The lowest BCUT2D eigenvalue weighted by Gasteiger charge is -2.57. The van der Waals surface area contributed by atoms with E-state index in [-0.39, 0.29) is 17.0 Å². The maximum absolute atomic E-state index is 11.8. The van der Waals surface area contributed by atoms with Crippen LogP contribution in [0.4, 0.5) is 0 Å². The lowest BCUT2D eigenvalue weighted by molar-refractivity contribution is -0.243. The van der Waals surface area contributed by atoms with Crippen molar-refractivity contribution in [1.29, 1.82) is 0 Å². The van der Waals surface area contributed by atoms with Crippen LogP contribution in [0.15, 0.2) is 0 Å². The summed E-state index contributed by atoms with van der Waals surface area (Å²) in [6.07, 6.45) is 5.68. The average molecular weight is 254 g/mol. The Hall–Kier alpha value is -0.570. The summed E-state index contributed by atoms with van der Waals surface area (Å²) in [6, 6.07) is 0. The van der Waals surface area contributed by atoms with Gasteiger partial charge in [-0.05, 0) is 44.4 Å². The van der Waals surface area contributed by atoms with E-state index in [1.54, 1.807) is 0 Å². The van der Waals surface area contributed by atoms with Gasteiger partial charge in [-0.2, -0.15) is 0 Å². The lowest BCUT2D eigenvalue weighted by atomic mass is 9.57. The molecule has 0 N–H and O–H groups in total. The number of ether oxygens (including phenoxy) is 2. The molecule has 1 saturated heterocycles. The fourth-order valence-electron chi connectivity index (χ4n) is 4.03. The zero-order valence-corrected chi connectivity index (χ0v) is 12.2. The highest BCUT2D eigenvalue weighted by molar-refractivity contribution is 5.69. The second kappa shape index (κ2) is 4.52. The number of esters is 1. The summed E-state index contributed by atoms with van der Waals surface area (Å²) in [4.78, 5) is 11.8. The molecule has 0 amide bonds. The second-order valence-corrected chi connectivity index (χ2v) is 6.57. The lowest BCUT2D eigenvalue weighted by Crippen LogP contribution is -2.64. The van der Waals surface area contributed by atoms with Gasteiger partial charge in [0, 0.05) is 13.0 Å². The topological polar surface area (TPSA) is 35.5 Å². The number of carbonyl (C=O) groups excluding carboxylic acids is 1. The molecule has 104 valence electrons. The van der Waals surface area contributed by atoms with Crippen LogP contribution in [0.1, 0.15) is 66.2 Å². The standard InChI is InChI=1S/C15H26O3/c1-5-12(16)18-14(4)9-6-8-13(2,3)15(14)10-7-11-17-15/h5-11H2,1-4H3/t14?,15-/m0/s1. The summed E-state index contributed by atoms with van der Waals surface area (Å²) in [6.45, 7) is 9.24. The fraction of sp³-hybridized carbons (Fsp3) is 0.933. The van der Waals surface area contributed by atoms with Gasteiger partial charge in [-0.25, -0.2) is 0 Å². The first-order valence-electron chi connectivity index (χ1n) is 7.23. The second-order valence-electron chi connectivity index (χ2n) is 6.57. The number of hydrogen-bond acceptors (Lipinski definition) is 3. The summed E-state index contributed by atoms with van der Waals surface area (Å²) in [5.74, 6) is -0.106. The van der Waals surface area contributed by atoms with Crippen LogP contribution in [-0.2, 0) is 14.3 Å². The van der Waals surface area contributed by atoms with Gasteiger partial charge in [-0.15, -0.1) is 0 Å². The van der Waals surface area contributed by atoms with Gasteiger partial charge in [-0.3, -0.25) is 4.79 Å². The van der Waals surface area contributed by atoms with Crippen LogP contribution < -0.4 is 0 Å². The number of rotatable bonds is 2. The van der Waals surface area contributed by atoms with Crippen LogP contribution in [0.3, 0.4) is 0 Å². The Morgan fingerprint density at radius 1 is 1.17 bits per heavy atom. The SMILES string of the molecule is CCC(=O)OC1(C)CCCC(C)(C)[C@@]12CCCO2. The molecule has 0 bridgehead atoms. The van der Waals surface area contributed by atoms with E-state index >= 15 is 0 Å². The van der Waals surface area contributed by atoms with Crippen molar-refractivity contribution in [2.75, 3.05) is 6.61 Å². The van der Waals surface area contributed by atoms with E-state index in [9.17, 15) is 4.79 Å². The summed E-state index contributed by atoms with van der Waals surface area (Å²) in [5.41, 5.74) is -0.675. The zero-order valence-electron chi connectivity index (χ0n) is 12.2. The molecule has 1 unspecified atom stereocenters. The van der Waals surface area contributed by atoms with Crippen molar-refractivity contribution < 1.29 is 14.3 Å². The van der Waals surface area contributed by atoms with E-state index in [0.29, 0.717) is 6.42 Å². The Morgan fingerprint density at radius 3 is 2.44 bits per heavy atom. The van der Waals surface area contributed by atoms with Crippen LogP contribution in [-0.4, -0.2) is 23.8 Å². The highest BCUT2D eigenvalue weighted by Gasteiger charge is 2.63. The first-order chi connectivity index (χ1) is 8.37. The van der Waals surface area contributed by atoms with Gasteiger partial charge in [0.2, 0.25) is 0 Å². The quantitative estimate of drug-likeness (QED) is 0.708. The molecule has 3 nitrogen and oxygen atoms in total. The number of carbonyl (C=O) groups is 1. The Kier molecular flexibility index (Phi) is 3.48. The van der Waals surface area contributed by atoms with E-state index in [2.05, 4.69) is 20.8 Å². The summed E-state index contributed by atoms with van der Waals surface area (Å²) < 4.78 is 12.0. The van der Waals surface area contributed by atoms with E-state index in [1.165, 1.54) is 0 Å². The summed E-state index contributed by atoms with van der Waals surface area (Å²) in [7, 11) is 0. The van der Waals surface area contributed by atoms with Gasteiger partial charge in [0.1, 0.15) is 11.2 Å². The van der Waals surface area contributed by atoms with Gasteiger partial charge in [-0.1, -0.05) is 20.8 Å². The van der Waals surface area contributed by atoms with Crippen molar-refractivity contribution >= 4 is 5.97 Å². The maximum atomic E-state index is 11.8. The third-order valence-corrected chi connectivity index (χ3v) is 5.05. The first kappa shape index (κ1) is 13.9. The Balaban J connectivity index is 2.34. The van der Waals surface area contributed by atoms with Crippen LogP contribution in [0.5, 0.6) is 0 Å². The molecule has 1 spiro atoms. The molecule has 0 aromatic rings. The molecule has 1 saturated carbocycles. The molecule has 1 heterocycles. The monoisotopic (exact) mass is 254 g/mol. The third kappa shape index (κ3) is 1.87. The summed E-state index contributed by atoms with van der Waals surface area (Å²) >= 11 is 0. The van der Waals surface area contributed by atoms with Crippen LogP contribution >= 0.6 is 0 Å². The van der Waals surface area contributed by atoms with Crippen molar-refractivity contribution in [2.45, 2.75) is 77.4 Å². The van der Waals surface area contributed by atoms with E-state index in [1.807, 2.05) is 6.92 Å². The zero-order chi connectivity index (χ0) is 13.4. The van der Waals surface area contributed by atoms with Crippen molar-refractivity contribution in [3.63, 3.8) is 0 Å². The highest BCUT2D eigenvalue weighted by atomic mass is 16.6. The molecule has 2 aliphatic rings. The van der Waals surface area contributed by atoms with Gasteiger partial charge in [0.15, 0.2) is 0 Å². The highest BCUT2D eigenvalue weighted by Crippen LogP contribution is 2.57. The molecule has 1 aliphatic carbocycles. The maximum Gasteiger partial charge on any atom is 0.306 e. The van der Waals surface area contributed by atoms with Gasteiger partial charge >= 0.3 is 5.97 Å². The van der Waals surface area contributed by atoms with E-state index < -0.39 is 5.60 Å². The van der Waals surface area contributed by atoms with Crippen molar-refractivity contribution in [2.24, 2.45) is 5.41 Å². The largest absolute Gasteiger partial charge is 0.456 e. The van der Waals surface area contributed by atoms with Gasteiger partial charge < -0.3 is 9.47 Å². The number of hydrogen-bond donors (Lipinski definition) is 0. The van der Waals surface area contributed by atoms with Gasteiger partial charge in [0.25, 0.3) is 0 Å². The molecule has 0 aromatic heterocycles. The Bertz CT molecular complexity index is 329. The molecule has 18 heavy (non-hydrogen) atoms. The molecule has 0 radical (unpaired) electrons. The van der Waals surface area contributed by atoms with Crippen LogP contribution in [0, 0.1) is 5.41 Å². The van der Waals surface area contributed by atoms with Gasteiger partial charge in [0.05, 0.1) is 0 Å². The minimum atomic E-state index is -0.460. The predicted octanol–water partition coefficient (Wildman–Crippen LogP) is 3.46. The average Bonchev–Trinajstić information content (AvgIpc) is 2.77. The summed E-state index contributed by atoms with van der Waals surface area (Å²) in [5, 5.41) is 0. The van der Waals surface area contributed by atoms with Crippen molar-refractivity contribution in [3.05, 3.63) is 0 Å². The molecule has 3 heteroatoms. The third-order valence-electron chi connectivity index (χ3n) is 5.05. The Morgan fingerprint density at radius 2 is 1.89 bits per heavy atom.